The lowest BCUT2D eigenvalue weighted by molar-refractivity contribution is -0.133. The van der Waals surface area contributed by atoms with Crippen LogP contribution in [0.2, 0.25) is 0 Å². The molecule has 0 N–H and O–H groups in total. The Balaban J connectivity index is 1.82. The standard InChI is InChI=1S/C19H29N3O2/c1-4-20(5-2)10-9-18(23)21-11-13-22(14-12-21)19(24)17-8-6-7-16(3)15-17/h6-8,15H,4-5,9-14H2,1-3H3. The fourth-order valence-electron chi connectivity index (χ4n) is 3.07. The molecule has 0 bridgehead atoms. The van der Waals surface area contributed by atoms with Crippen LogP contribution in [0.15, 0.2) is 24.3 Å². The van der Waals surface area contributed by atoms with Gasteiger partial charge in [-0.1, -0.05) is 31.5 Å². The molecule has 0 aromatic heterocycles. The minimum absolute atomic E-state index is 0.0638. The molecule has 0 spiro atoms. The maximum Gasteiger partial charge on any atom is 0.253 e. The van der Waals surface area contributed by atoms with Crippen molar-refractivity contribution in [3.8, 4) is 0 Å². The first-order valence-electron chi connectivity index (χ1n) is 8.91. The van der Waals surface area contributed by atoms with Crippen LogP contribution < -0.4 is 0 Å². The minimum Gasteiger partial charge on any atom is -0.339 e. The Labute approximate surface area is 145 Å². The van der Waals surface area contributed by atoms with E-state index in [0.29, 0.717) is 32.6 Å². The van der Waals surface area contributed by atoms with Gasteiger partial charge in [-0.05, 0) is 32.1 Å². The molecule has 1 aromatic carbocycles. The second-order valence-corrected chi connectivity index (χ2v) is 6.32. The van der Waals surface area contributed by atoms with E-state index in [1.54, 1.807) is 0 Å². The van der Waals surface area contributed by atoms with Crippen LogP contribution in [0.4, 0.5) is 0 Å². The molecule has 2 amide bonds. The lowest BCUT2D eigenvalue weighted by Gasteiger charge is -2.35. The van der Waals surface area contributed by atoms with Gasteiger partial charge in [-0.25, -0.2) is 0 Å². The molecule has 0 aliphatic carbocycles. The number of nitrogens with zero attached hydrogens (tertiary/aromatic N) is 3. The summed E-state index contributed by atoms with van der Waals surface area (Å²) in [6.45, 7) is 11.5. The van der Waals surface area contributed by atoms with E-state index >= 15 is 0 Å². The summed E-state index contributed by atoms with van der Waals surface area (Å²) in [5.41, 5.74) is 1.82. The van der Waals surface area contributed by atoms with Gasteiger partial charge in [0.1, 0.15) is 0 Å². The molecule has 0 radical (unpaired) electrons. The van der Waals surface area contributed by atoms with Crippen molar-refractivity contribution < 1.29 is 9.59 Å². The van der Waals surface area contributed by atoms with Crippen molar-refractivity contribution in [2.75, 3.05) is 45.8 Å². The van der Waals surface area contributed by atoms with Crippen molar-refractivity contribution in [1.29, 1.82) is 0 Å². The van der Waals surface area contributed by atoms with Crippen molar-refractivity contribution in [3.63, 3.8) is 0 Å². The predicted octanol–water partition coefficient (Wildman–Crippen LogP) is 2.01. The maximum absolute atomic E-state index is 12.5. The van der Waals surface area contributed by atoms with Gasteiger partial charge < -0.3 is 14.7 Å². The number of piperazine rings is 1. The third-order valence-electron chi connectivity index (χ3n) is 4.72. The molecule has 1 aliphatic rings. The molecule has 0 saturated carbocycles. The second kappa shape index (κ2) is 8.83. The molecule has 132 valence electrons. The first-order chi connectivity index (χ1) is 11.5. The number of carbonyl (C=O) groups excluding carboxylic acids is 2. The zero-order chi connectivity index (χ0) is 17.5. The zero-order valence-corrected chi connectivity index (χ0v) is 15.1. The van der Waals surface area contributed by atoms with Crippen molar-refractivity contribution in [1.82, 2.24) is 14.7 Å². The van der Waals surface area contributed by atoms with Gasteiger partial charge in [-0.15, -0.1) is 0 Å². The molecule has 0 atom stereocenters. The van der Waals surface area contributed by atoms with E-state index in [9.17, 15) is 9.59 Å². The smallest absolute Gasteiger partial charge is 0.253 e. The van der Waals surface area contributed by atoms with Crippen LogP contribution in [-0.4, -0.2) is 72.3 Å². The van der Waals surface area contributed by atoms with Crippen molar-refractivity contribution in [2.45, 2.75) is 27.2 Å². The van der Waals surface area contributed by atoms with Crippen LogP contribution in [0.5, 0.6) is 0 Å². The van der Waals surface area contributed by atoms with Gasteiger partial charge in [0.2, 0.25) is 5.91 Å². The third-order valence-corrected chi connectivity index (χ3v) is 4.72. The second-order valence-electron chi connectivity index (χ2n) is 6.32. The van der Waals surface area contributed by atoms with Crippen LogP contribution in [0, 0.1) is 6.92 Å². The number of rotatable bonds is 6. The van der Waals surface area contributed by atoms with Crippen LogP contribution in [0.25, 0.3) is 0 Å². The summed E-state index contributed by atoms with van der Waals surface area (Å²) in [6.07, 6.45) is 0.563. The molecule has 1 saturated heterocycles. The summed E-state index contributed by atoms with van der Waals surface area (Å²) in [6, 6.07) is 7.68. The van der Waals surface area contributed by atoms with E-state index in [1.807, 2.05) is 41.0 Å². The van der Waals surface area contributed by atoms with Crippen LogP contribution in [0.1, 0.15) is 36.2 Å². The SMILES string of the molecule is CCN(CC)CCC(=O)N1CCN(C(=O)c2cccc(C)c2)CC1. The van der Waals surface area contributed by atoms with Crippen LogP contribution in [0.3, 0.4) is 0 Å². The topological polar surface area (TPSA) is 43.9 Å². The number of hydrogen-bond acceptors (Lipinski definition) is 3. The lowest BCUT2D eigenvalue weighted by Crippen LogP contribution is -2.51. The van der Waals surface area contributed by atoms with Crippen molar-refractivity contribution >= 4 is 11.8 Å². The van der Waals surface area contributed by atoms with E-state index in [4.69, 9.17) is 0 Å². The molecule has 1 aromatic rings. The molecule has 0 unspecified atom stereocenters. The molecule has 1 heterocycles. The minimum atomic E-state index is 0.0638. The van der Waals surface area contributed by atoms with Gasteiger partial charge in [0.25, 0.3) is 5.91 Å². The highest BCUT2D eigenvalue weighted by atomic mass is 16.2. The monoisotopic (exact) mass is 331 g/mol. The van der Waals surface area contributed by atoms with E-state index in [-0.39, 0.29) is 11.8 Å². The lowest BCUT2D eigenvalue weighted by atomic mass is 10.1. The Morgan fingerprint density at radius 1 is 1.04 bits per heavy atom. The quantitative estimate of drug-likeness (QED) is 0.801. The Kier molecular flexibility index (Phi) is 6.79. The Morgan fingerprint density at radius 2 is 1.67 bits per heavy atom. The Morgan fingerprint density at radius 3 is 2.25 bits per heavy atom. The molecule has 5 nitrogen and oxygen atoms in total. The van der Waals surface area contributed by atoms with E-state index < -0.39 is 0 Å². The molecule has 24 heavy (non-hydrogen) atoms. The van der Waals surface area contributed by atoms with Gasteiger partial charge >= 0.3 is 0 Å². The first kappa shape index (κ1) is 18.5. The largest absolute Gasteiger partial charge is 0.339 e. The van der Waals surface area contributed by atoms with Crippen molar-refractivity contribution in [3.05, 3.63) is 35.4 Å². The number of hydrogen-bond donors (Lipinski definition) is 0. The number of carbonyl (C=O) groups is 2. The summed E-state index contributed by atoms with van der Waals surface area (Å²) in [7, 11) is 0. The Hall–Kier alpha value is -1.88. The fraction of sp³-hybridized carbons (Fsp3) is 0.579. The summed E-state index contributed by atoms with van der Waals surface area (Å²) in [5, 5.41) is 0. The van der Waals surface area contributed by atoms with E-state index in [0.717, 1.165) is 30.8 Å². The van der Waals surface area contributed by atoms with E-state index in [2.05, 4.69) is 18.7 Å². The van der Waals surface area contributed by atoms with Gasteiger partial charge in [0.15, 0.2) is 0 Å². The first-order valence-corrected chi connectivity index (χ1v) is 8.91. The average Bonchev–Trinajstić information content (AvgIpc) is 2.62. The maximum atomic E-state index is 12.5. The molecule has 5 heteroatoms. The third kappa shape index (κ3) is 4.81. The zero-order valence-electron chi connectivity index (χ0n) is 15.1. The molecular formula is C19H29N3O2. The normalized spacial score (nSPS) is 15.0. The number of amides is 2. The molecule has 2 rings (SSSR count). The highest BCUT2D eigenvalue weighted by molar-refractivity contribution is 5.94. The van der Waals surface area contributed by atoms with Gasteiger partial charge in [-0.3, -0.25) is 9.59 Å². The van der Waals surface area contributed by atoms with Gasteiger partial charge in [0.05, 0.1) is 0 Å². The summed E-state index contributed by atoms with van der Waals surface area (Å²) in [5.74, 6) is 0.262. The average molecular weight is 331 g/mol. The van der Waals surface area contributed by atoms with Crippen LogP contribution in [-0.2, 0) is 4.79 Å². The summed E-state index contributed by atoms with van der Waals surface area (Å²) in [4.78, 5) is 30.9. The van der Waals surface area contributed by atoms with Gasteiger partial charge in [-0.2, -0.15) is 0 Å². The van der Waals surface area contributed by atoms with Crippen molar-refractivity contribution in [2.24, 2.45) is 0 Å². The number of aryl methyl sites for hydroxylation is 1. The van der Waals surface area contributed by atoms with Gasteiger partial charge in [0, 0.05) is 44.7 Å². The summed E-state index contributed by atoms with van der Waals surface area (Å²) >= 11 is 0. The van der Waals surface area contributed by atoms with Crippen LogP contribution >= 0.6 is 0 Å². The Bertz CT molecular complexity index is 561. The molecular weight excluding hydrogens is 302 g/mol. The van der Waals surface area contributed by atoms with E-state index in [1.165, 1.54) is 0 Å². The predicted molar refractivity (Wildman–Crippen MR) is 96.1 cm³/mol. The number of benzene rings is 1. The highest BCUT2D eigenvalue weighted by Crippen LogP contribution is 2.11. The molecule has 1 aliphatic heterocycles. The molecule has 1 fully saturated rings. The fourth-order valence-corrected chi connectivity index (χ4v) is 3.07. The highest BCUT2D eigenvalue weighted by Gasteiger charge is 2.24. The summed E-state index contributed by atoms with van der Waals surface area (Å²) < 4.78 is 0.